The van der Waals surface area contributed by atoms with Crippen molar-refractivity contribution >= 4 is 11.8 Å². The molecule has 1 aliphatic heterocycles. The lowest BCUT2D eigenvalue weighted by atomic mass is 9.90. The van der Waals surface area contributed by atoms with Crippen LogP contribution < -0.4 is 5.32 Å². The van der Waals surface area contributed by atoms with Gasteiger partial charge in [-0.15, -0.1) is 0 Å². The van der Waals surface area contributed by atoms with Crippen molar-refractivity contribution in [1.29, 1.82) is 0 Å². The zero-order chi connectivity index (χ0) is 18.5. The quantitative estimate of drug-likeness (QED) is 0.917. The Balaban J connectivity index is 1.87. The molecule has 0 unspecified atom stereocenters. The maximum atomic E-state index is 13.2. The molecule has 3 rings (SSSR count). The summed E-state index contributed by atoms with van der Waals surface area (Å²) in [6.07, 6.45) is 5.38. The predicted molar refractivity (Wildman–Crippen MR) is 96.0 cm³/mol. The average Bonchev–Trinajstić information content (AvgIpc) is 2.64. The molecule has 0 radical (unpaired) electrons. The molecule has 1 N–H and O–H groups in total. The van der Waals surface area contributed by atoms with E-state index in [1.165, 1.54) is 19.1 Å². The fraction of sp³-hybridized carbons (Fsp3) is 0.350. The van der Waals surface area contributed by atoms with Crippen molar-refractivity contribution in [2.24, 2.45) is 0 Å². The Morgan fingerprint density at radius 3 is 2.54 bits per heavy atom. The lowest BCUT2D eigenvalue weighted by Gasteiger charge is -2.42. The standard InChI is InChI=1S/C20H22FN3O2/c1-14(25)23-18-3-2-12-24(20(26)16-8-10-22-11-9-16)19(18)13-15-4-6-17(21)7-5-15/h4-11,18-19H,2-3,12-13H2,1H3,(H,23,25)/t18-,19-/m0/s1. The molecule has 136 valence electrons. The van der Waals surface area contributed by atoms with E-state index in [1.54, 1.807) is 36.7 Å². The number of rotatable bonds is 4. The minimum atomic E-state index is -0.291. The molecule has 2 aromatic rings. The summed E-state index contributed by atoms with van der Waals surface area (Å²) in [6.45, 7) is 2.11. The average molecular weight is 355 g/mol. The maximum Gasteiger partial charge on any atom is 0.254 e. The van der Waals surface area contributed by atoms with E-state index in [4.69, 9.17) is 0 Å². The molecular weight excluding hydrogens is 333 g/mol. The number of halogens is 1. The number of amides is 2. The topological polar surface area (TPSA) is 62.3 Å². The van der Waals surface area contributed by atoms with Crippen molar-refractivity contribution in [2.45, 2.75) is 38.3 Å². The number of pyridine rings is 1. The van der Waals surface area contributed by atoms with Crippen LogP contribution in [0.5, 0.6) is 0 Å². The molecule has 26 heavy (non-hydrogen) atoms. The Kier molecular flexibility index (Phi) is 5.61. The minimum absolute atomic E-state index is 0.0745. The third-order valence-corrected chi connectivity index (χ3v) is 4.71. The summed E-state index contributed by atoms with van der Waals surface area (Å²) in [4.78, 5) is 30.4. The number of benzene rings is 1. The van der Waals surface area contributed by atoms with Crippen LogP contribution in [0.3, 0.4) is 0 Å². The molecule has 1 fully saturated rings. The highest BCUT2D eigenvalue weighted by Gasteiger charge is 2.35. The second-order valence-corrected chi connectivity index (χ2v) is 6.58. The van der Waals surface area contributed by atoms with Crippen LogP contribution in [0.4, 0.5) is 4.39 Å². The fourth-order valence-electron chi connectivity index (χ4n) is 3.51. The molecule has 1 saturated heterocycles. The SMILES string of the molecule is CC(=O)N[C@H]1CCCN(C(=O)c2ccncc2)[C@H]1Cc1ccc(F)cc1. The van der Waals surface area contributed by atoms with Gasteiger partial charge in [0.25, 0.3) is 5.91 Å². The summed E-state index contributed by atoms with van der Waals surface area (Å²) in [5, 5.41) is 2.98. The predicted octanol–water partition coefficient (Wildman–Crippen LogP) is 2.57. The molecule has 1 aliphatic rings. The molecule has 2 heterocycles. The smallest absolute Gasteiger partial charge is 0.254 e. The molecule has 1 aromatic carbocycles. The summed E-state index contributed by atoms with van der Waals surface area (Å²) in [7, 11) is 0. The highest BCUT2D eigenvalue weighted by molar-refractivity contribution is 5.94. The molecule has 5 nitrogen and oxygen atoms in total. The zero-order valence-electron chi connectivity index (χ0n) is 14.7. The van der Waals surface area contributed by atoms with Crippen LogP contribution in [0.2, 0.25) is 0 Å². The maximum absolute atomic E-state index is 13.2. The summed E-state index contributed by atoms with van der Waals surface area (Å²) in [6, 6.07) is 9.36. The van der Waals surface area contributed by atoms with Crippen LogP contribution in [0.1, 0.15) is 35.7 Å². The van der Waals surface area contributed by atoms with Gasteiger partial charge < -0.3 is 10.2 Å². The van der Waals surface area contributed by atoms with Crippen LogP contribution in [-0.4, -0.2) is 40.3 Å². The number of hydrogen-bond donors (Lipinski definition) is 1. The number of hydrogen-bond acceptors (Lipinski definition) is 3. The third-order valence-electron chi connectivity index (χ3n) is 4.71. The van der Waals surface area contributed by atoms with E-state index in [0.717, 1.165) is 18.4 Å². The molecule has 2 atom stereocenters. The van der Waals surface area contributed by atoms with Crippen molar-refractivity contribution in [1.82, 2.24) is 15.2 Å². The number of aromatic nitrogens is 1. The first kappa shape index (κ1) is 18.0. The number of piperidine rings is 1. The van der Waals surface area contributed by atoms with E-state index in [-0.39, 0.29) is 29.7 Å². The number of likely N-dealkylation sites (tertiary alicyclic amines) is 1. The number of nitrogens with one attached hydrogen (secondary N) is 1. The van der Waals surface area contributed by atoms with Crippen LogP contribution >= 0.6 is 0 Å². The van der Waals surface area contributed by atoms with Crippen molar-refractivity contribution in [3.8, 4) is 0 Å². The van der Waals surface area contributed by atoms with E-state index in [1.807, 2.05) is 4.90 Å². The van der Waals surface area contributed by atoms with Gasteiger partial charge in [0, 0.05) is 37.5 Å². The van der Waals surface area contributed by atoms with Crippen molar-refractivity contribution in [2.75, 3.05) is 6.54 Å². The van der Waals surface area contributed by atoms with Gasteiger partial charge in [0.2, 0.25) is 5.91 Å². The molecule has 1 aromatic heterocycles. The van der Waals surface area contributed by atoms with Gasteiger partial charge in [-0.25, -0.2) is 4.39 Å². The van der Waals surface area contributed by atoms with Gasteiger partial charge in [-0.05, 0) is 49.1 Å². The van der Waals surface area contributed by atoms with Gasteiger partial charge in [-0.2, -0.15) is 0 Å². The largest absolute Gasteiger partial charge is 0.352 e. The van der Waals surface area contributed by atoms with Crippen LogP contribution in [0, 0.1) is 5.82 Å². The molecule has 0 bridgehead atoms. The number of nitrogens with zero attached hydrogens (tertiary/aromatic N) is 2. The van der Waals surface area contributed by atoms with Gasteiger partial charge in [0.1, 0.15) is 5.82 Å². The van der Waals surface area contributed by atoms with Crippen molar-refractivity contribution in [3.63, 3.8) is 0 Å². The zero-order valence-corrected chi connectivity index (χ0v) is 14.7. The van der Waals surface area contributed by atoms with Crippen molar-refractivity contribution < 1.29 is 14.0 Å². The van der Waals surface area contributed by atoms with Gasteiger partial charge >= 0.3 is 0 Å². The van der Waals surface area contributed by atoms with Crippen LogP contribution in [0.25, 0.3) is 0 Å². The van der Waals surface area contributed by atoms with E-state index in [2.05, 4.69) is 10.3 Å². The minimum Gasteiger partial charge on any atom is -0.352 e. The Labute approximate surface area is 152 Å². The summed E-state index contributed by atoms with van der Waals surface area (Å²) in [5.41, 5.74) is 1.51. The highest BCUT2D eigenvalue weighted by atomic mass is 19.1. The van der Waals surface area contributed by atoms with Gasteiger partial charge in [-0.1, -0.05) is 12.1 Å². The second kappa shape index (κ2) is 8.08. The van der Waals surface area contributed by atoms with Gasteiger partial charge in [-0.3, -0.25) is 14.6 Å². The fourth-order valence-corrected chi connectivity index (χ4v) is 3.51. The third kappa shape index (κ3) is 4.25. The molecule has 0 aliphatic carbocycles. The molecule has 6 heteroatoms. The molecule has 0 saturated carbocycles. The Morgan fingerprint density at radius 1 is 1.19 bits per heavy atom. The lowest BCUT2D eigenvalue weighted by Crippen LogP contribution is -2.57. The lowest BCUT2D eigenvalue weighted by molar-refractivity contribution is -0.120. The summed E-state index contributed by atoms with van der Waals surface area (Å²) >= 11 is 0. The van der Waals surface area contributed by atoms with Gasteiger partial charge in [0.05, 0.1) is 6.04 Å². The molecule has 2 amide bonds. The van der Waals surface area contributed by atoms with E-state index >= 15 is 0 Å². The normalized spacial score (nSPS) is 19.8. The first-order valence-electron chi connectivity index (χ1n) is 8.77. The monoisotopic (exact) mass is 355 g/mol. The van der Waals surface area contributed by atoms with Gasteiger partial charge in [0.15, 0.2) is 0 Å². The molecule has 0 spiro atoms. The summed E-state index contributed by atoms with van der Waals surface area (Å²) in [5.74, 6) is -0.479. The van der Waals surface area contributed by atoms with Crippen LogP contribution in [0.15, 0.2) is 48.8 Å². The highest BCUT2D eigenvalue weighted by Crippen LogP contribution is 2.24. The van der Waals surface area contributed by atoms with Crippen molar-refractivity contribution in [3.05, 3.63) is 65.7 Å². The number of carbonyl (C=O) groups is 2. The second-order valence-electron chi connectivity index (χ2n) is 6.58. The Morgan fingerprint density at radius 2 is 1.88 bits per heavy atom. The van der Waals surface area contributed by atoms with Crippen LogP contribution in [-0.2, 0) is 11.2 Å². The van der Waals surface area contributed by atoms with E-state index in [0.29, 0.717) is 18.5 Å². The van der Waals surface area contributed by atoms with E-state index in [9.17, 15) is 14.0 Å². The Bertz CT molecular complexity index is 764. The summed E-state index contributed by atoms with van der Waals surface area (Å²) < 4.78 is 13.2. The first-order chi connectivity index (χ1) is 12.5. The molecular formula is C20H22FN3O2. The number of carbonyl (C=O) groups excluding carboxylic acids is 2. The van der Waals surface area contributed by atoms with E-state index < -0.39 is 0 Å². The first-order valence-corrected chi connectivity index (χ1v) is 8.77. The Hall–Kier alpha value is -2.76.